The maximum absolute atomic E-state index is 5.90. The van der Waals surface area contributed by atoms with Crippen molar-refractivity contribution in [3.8, 4) is 5.75 Å². The van der Waals surface area contributed by atoms with Crippen molar-refractivity contribution in [2.24, 2.45) is 0 Å². The van der Waals surface area contributed by atoms with Crippen LogP contribution in [0.1, 0.15) is 16.8 Å². The molecular weight excluding hydrogens is 518 g/mol. The number of nitrogens with one attached hydrogen (secondary N) is 2. The largest absolute Gasteiger partial charge is 0.497 e. The lowest BCUT2D eigenvalue weighted by Gasteiger charge is -2.34. The highest BCUT2D eigenvalue weighted by Gasteiger charge is 2.29. The molecule has 2 aliphatic heterocycles. The van der Waals surface area contributed by atoms with Crippen LogP contribution in [0.5, 0.6) is 5.75 Å². The Balaban J connectivity index is 1.28. The van der Waals surface area contributed by atoms with Gasteiger partial charge in [-0.3, -0.25) is 0 Å². The Morgan fingerprint density at radius 2 is 1.83 bits per heavy atom. The number of fused-ring (bicyclic) bond motifs is 1. The topological polar surface area (TPSA) is 96.9 Å². The van der Waals surface area contributed by atoms with Gasteiger partial charge in [-0.25, -0.2) is 4.98 Å². The number of allylic oxidation sites excluding steroid dienone is 1. The van der Waals surface area contributed by atoms with Crippen LogP contribution in [0.15, 0.2) is 66.4 Å². The van der Waals surface area contributed by atoms with E-state index in [1.165, 1.54) is 5.56 Å². The summed E-state index contributed by atoms with van der Waals surface area (Å²) in [6, 6.07) is 14.0. The van der Waals surface area contributed by atoms with Gasteiger partial charge in [-0.2, -0.15) is 9.97 Å². The molecule has 2 unspecified atom stereocenters. The Bertz CT molecular complexity index is 1420. The number of hydrogen-bond donors (Lipinski definition) is 2. The second-order valence-electron chi connectivity index (χ2n) is 10.4. The number of anilines is 4. The summed E-state index contributed by atoms with van der Waals surface area (Å²) in [4.78, 5) is 19.3. The molecule has 41 heavy (non-hydrogen) atoms. The molecule has 214 valence electrons. The highest BCUT2D eigenvalue weighted by atomic mass is 16.5. The molecule has 0 amide bonds. The van der Waals surface area contributed by atoms with Crippen molar-refractivity contribution in [1.29, 1.82) is 0 Å². The summed E-state index contributed by atoms with van der Waals surface area (Å²) >= 11 is 0. The summed E-state index contributed by atoms with van der Waals surface area (Å²) in [6.45, 7) is 6.82. The van der Waals surface area contributed by atoms with E-state index in [0.29, 0.717) is 5.95 Å². The molecule has 1 aliphatic carbocycles. The number of morpholine rings is 1. The first-order chi connectivity index (χ1) is 20.1. The number of rotatable bonds is 9. The lowest BCUT2D eigenvalue weighted by atomic mass is 10.0. The second kappa shape index (κ2) is 12.2. The molecular formula is C31H37N7O3. The minimum absolute atomic E-state index is 0.121. The van der Waals surface area contributed by atoms with Crippen LogP contribution in [-0.2, 0) is 22.4 Å². The van der Waals surface area contributed by atoms with Gasteiger partial charge in [0.25, 0.3) is 0 Å². The van der Waals surface area contributed by atoms with Gasteiger partial charge < -0.3 is 34.6 Å². The number of hydrogen-bond acceptors (Lipinski definition) is 10. The van der Waals surface area contributed by atoms with Crippen LogP contribution >= 0.6 is 0 Å². The summed E-state index contributed by atoms with van der Waals surface area (Å²) < 4.78 is 16.8. The fraction of sp³-hybridized carbons (Fsp3) is 0.387. The molecule has 1 saturated heterocycles. The molecule has 1 aromatic carbocycles. The first-order valence-corrected chi connectivity index (χ1v) is 14.1. The van der Waals surface area contributed by atoms with Gasteiger partial charge >= 0.3 is 0 Å². The van der Waals surface area contributed by atoms with E-state index in [9.17, 15) is 0 Å². The van der Waals surface area contributed by atoms with E-state index in [1.807, 2.05) is 37.3 Å². The maximum Gasteiger partial charge on any atom is 0.227 e. The first kappa shape index (κ1) is 27.0. The molecule has 6 rings (SSSR count). The summed E-state index contributed by atoms with van der Waals surface area (Å²) in [5, 5.41) is 7.02. The standard InChI is InChI=1S/C31H37N7O3/c1-21-5-4-6-28(32-21)34-29-25-13-14-38(20-22-7-10-24(39-2)11-8-22)30(25)36-31(35-29)33-26-12-9-23(19-27(26)40-3)37-15-17-41-18-16-37/h4-12,19,26-27H,13-18,20H2,1-3H3,(H2,32,33,34,35,36). The fourth-order valence-electron chi connectivity index (χ4n) is 5.49. The molecule has 3 aromatic rings. The van der Waals surface area contributed by atoms with E-state index < -0.39 is 0 Å². The van der Waals surface area contributed by atoms with Gasteiger partial charge in [-0.1, -0.05) is 24.3 Å². The van der Waals surface area contributed by atoms with E-state index in [-0.39, 0.29) is 12.1 Å². The molecule has 2 aromatic heterocycles. The lowest BCUT2D eigenvalue weighted by molar-refractivity contribution is 0.0533. The van der Waals surface area contributed by atoms with E-state index in [4.69, 9.17) is 24.2 Å². The molecule has 0 bridgehead atoms. The number of nitrogens with zero attached hydrogens (tertiary/aromatic N) is 5. The van der Waals surface area contributed by atoms with E-state index in [2.05, 4.69) is 55.8 Å². The zero-order valence-electron chi connectivity index (χ0n) is 23.8. The van der Waals surface area contributed by atoms with Crippen molar-refractivity contribution < 1.29 is 14.2 Å². The number of aromatic nitrogens is 3. The number of pyridine rings is 1. The molecule has 0 spiro atoms. The zero-order valence-corrected chi connectivity index (χ0v) is 23.8. The Morgan fingerprint density at radius 1 is 1.00 bits per heavy atom. The van der Waals surface area contributed by atoms with Crippen LogP contribution in [0.2, 0.25) is 0 Å². The number of aryl methyl sites for hydroxylation is 1. The Hall–Kier alpha value is -4.15. The maximum atomic E-state index is 5.90. The van der Waals surface area contributed by atoms with Crippen molar-refractivity contribution >= 4 is 23.4 Å². The zero-order chi connectivity index (χ0) is 28.2. The van der Waals surface area contributed by atoms with Crippen LogP contribution in [-0.4, -0.2) is 79.1 Å². The van der Waals surface area contributed by atoms with Crippen molar-refractivity contribution in [3.05, 3.63) is 83.2 Å². The van der Waals surface area contributed by atoms with Crippen molar-refractivity contribution in [3.63, 3.8) is 0 Å². The molecule has 2 atom stereocenters. The fourth-order valence-corrected chi connectivity index (χ4v) is 5.49. The van der Waals surface area contributed by atoms with E-state index in [1.54, 1.807) is 14.2 Å². The average molecular weight is 556 g/mol. The first-order valence-electron chi connectivity index (χ1n) is 14.1. The number of benzene rings is 1. The smallest absolute Gasteiger partial charge is 0.227 e. The molecule has 3 aliphatic rings. The SMILES string of the molecule is COc1ccc(CN2CCc3c(Nc4cccc(C)n4)nc(NC4C=CC(N5CCOCC5)=CC4OC)nc32)cc1. The van der Waals surface area contributed by atoms with Gasteiger partial charge in [0, 0.05) is 50.2 Å². The molecule has 0 saturated carbocycles. The molecule has 10 nitrogen and oxygen atoms in total. The Kier molecular flexibility index (Phi) is 8.02. The third kappa shape index (κ3) is 6.13. The highest BCUT2D eigenvalue weighted by molar-refractivity contribution is 5.69. The molecule has 2 N–H and O–H groups in total. The van der Waals surface area contributed by atoms with Crippen LogP contribution in [0, 0.1) is 6.92 Å². The van der Waals surface area contributed by atoms with Crippen molar-refractivity contribution in [2.45, 2.75) is 32.0 Å². The summed E-state index contributed by atoms with van der Waals surface area (Å²) in [5.41, 5.74) is 4.38. The molecule has 0 radical (unpaired) electrons. The van der Waals surface area contributed by atoms with Gasteiger partial charge in [0.1, 0.15) is 29.3 Å². The Morgan fingerprint density at radius 3 is 2.59 bits per heavy atom. The van der Waals surface area contributed by atoms with Crippen LogP contribution in [0.25, 0.3) is 0 Å². The van der Waals surface area contributed by atoms with E-state index >= 15 is 0 Å². The predicted molar refractivity (Wildman–Crippen MR) is 160 cm³/mol. The lowest BCUT2D eigenvalue weighted by Crippen LogP contribution is -2.40. The molecule has 4 heterocycles. The Labute approximate surface area is 241 Å². The van der Waals surface area contributed by atoms with Crippen LogP contribution in [0.4, 0.5) is 23.4 Å². The summed E-state index contributed by atoms with van der Waals surface area (Å²) in [5.74, 6) is 3.84. The van der Waals surface area contributed by atoms with Crippen molar-refractivity contribution in [2.75, 3.05) is 62.6 Å². The van der Waals surface area contributed by atoms with Gasteiger partial charge in [0.2, 0.25) is 5.95 Å². The highest BCUT2D eigenvalue weighted by Crippen LogP contribution is 2.35. The molecule has 10 heteroatoms. The number of ether oxygens (including phenoxy) is 3. The van der Waals surface area contributed by atoms with Gasteiger partial charge in [-0.15, -0.1) is 0 Å². The van der Waals surface area contributed by atoms with Crippen LogP contribution < -0.4 is 20.3 Å². The normalized spacial score (nSPS) is 20.0. The van der Waals surface area contributed by atoms with Gasteiger partial charge in [-0.05, 0) is 55.3 Å². The average Bonchev–Trinajstić information content (AvgIpc) is 3.41. The summed E-state index contributed by atoms with van der Waals surface area (Å²) in [6.07, 6.45) is 7.13. The molecule has 1 fully saturated rings. The minimum atomic E-state index is -0.167. The van der Waals surface area contributed by atoms with Gasteiger partial charge in [0.05, 0.1) is 26.4 Å². The van der Waals surface area contributed by atoms with Crippen molar-refractivity contribution in [1.82, 2.24) is 19.9 Å². The third-order valence-corrected chi connectivity index (χ3v) is 7.69. The van der Waals surface area contributed by atoms with E-state index in [0.717, 1.165) is 86.0 Å². The monoisotopic (exact) mass is 555 g/mol. The van der Waals surface area contributed by atoms with Crippen LogP contribution in [0.3, 0.4) is 0 Å². The van der Waals surface area contributed by atoms with Gasteiger partial charge in [0.15, 0.2) is 0 Å². The third-order valence-electron chi connectivity index (χ3n) is 7.69. The quantitative estimate of drug-likeness (QED) is 0.402. The predicted octanol–water partition coefficient (Wildman–Crippen LogP) is 4.08. The summed E-state index contributed by atoms with van der Waals surface area (Å²) in [7, 11) is 3.42. The second-order valence-corrected chi connectivity index (χ2v) is 10.4. The number of methoxy groups -OCH3 is 2. The minimum Gasteiger partial charge on any atom is -0.497 e.